The SMILES string of the molecule is Cc1c(OCc2cccc(CSc3ccncc3)c2)ccc(CC(C)CC=O)c1O. The number of nitrogens with zero attached hydrogens (tertiary/aromatic N) is 1. The average molecular weight is 422 g/mol. The van der Waals surface area contributed by atoms with E-state index in [4.69, 9.17) is 4.74 Å². The zero-order chi connectivity index (χ0) is 21.3. The van der Waals surface area contributed by atoms with Crippen LogP contribution in [0.15, 0.2) is 65.8 Å². The smallest absolute Gasteiger partial charge is 0.126 e. The van der Waals surface area contributed by atoms with Crippen LogP contribution in [-0.4, -0.2) is 16.4 Å². The van der Waals surface area contributed by atoms with Crippen LogP contribution in [0.5, 0.6) is 11.5 Å². The molecule has 156 valence electrons. The van der Waals surface area contributed by atoms with Crippen LogP contribution in [0, 0.1) is 12.8 Å². The molecular formula is C25H27NO3S. The maximum atomic E-state index is 10.7. The number of aromatic nitrogens is 1. The van der Waals surface area contributed by atoms with Crippen molar-refractivity contribution in [3.05, 3.63) is 83.2 Å². The molecule has 0 bridgehead atoms. The first-order valence-electron chi connectivity index (χ1n) is 10.1. The number of aromatic hydroxyl groups is 1. The molecule has 30 heavy (non-hydrogen) atoms. The van der Waals surface area contributed by atoms with Crippen molar-refractivity contribution in [3.8, 4) is 11.5 Å². The predicted octanol–water partition coefficient (Wildman–Crippen LogP) is 5.73. The highest BCUT2D eigenvalue weighted by Crippen LogP contribution is 2.32. The van der Waals surface area contributed by atoms with Crippen molar-refractivity contribution in [2.45, 2.75) is 43.9 Å². The lowest BCUT2D eigenvalue weighted by atomic mass is 9.96. The van der Waals surface area contributed by atoms with E-state index in [9.17, 15) is 9.90 Å². The van der Waals surface area contributed by atoms with Crippen molar-refractivity contribution >= 4 is 18.0 Å². The third-order valence-electron chi connectivity index (χ3n) is 4.97. The number of pyridine rings is 1. The number of carbonyl (C=O) groups excluding carboxylic acids is 1. The highest BCUT2D eigenvalue weighted by Gasteiger charge is 2.13. The number of thioether (sulfide) groups is 1. The number of benzene rings is 2. The topological polar surface area (TPSA) is 59.4 Å². The molecule has 1 N–H and O–H groups in total. The second kappa shape index (κ2) is 10.8. The Kier molecular flexibility index (Phi) is 7.91. The van der Waals surface area contributed by atoms with Crippen molar-refractivity contribution < 1.29 is 14.6 Å². The maximum Gasteiger partial charge on any atom is 0.126 e. The predicted molar refractivity (Wildman–Crippen MR) is 121 cm³/mol. The Bertz CT molecular complexity index is 975. The molecule has 1 atom stereocenters. The van der Waals surface area contributed by atoms with Gasteiger partial charge in [0.05, 0.1) is 0 Å². The van der Waals surface area contributed by atoms with E-state index in [0.29, 0.717) is 25.2 Å². The molecule has 1 heterocycles. The molecule has 0 aliphatic heterocycles. The van der Waals surface area contributed by atoms with Crippen LogP contribution in [0.1, 0.15) is 35.6 Å². The Balaban J connectivity index is 1.61. The van der Waals surface area contributed by atoms with Crippen LogP contribution in [0.4, 0.5) is 0 Å². The molecule has 0 spiro atoms. The fourth-order valence-corrected chi connectivity index (χ4v) is 4.08. The lowest BCUT2D eigenvalue weighted by molar-refractivity contribution is -0.108. The second-order valence-electron chi connectivity index (χ2n) is 7.49. The van der Waals surface area contributed by atoms with E-state index < -0.39 is 0 Å². The highest BCUT2D eigenvalue weighted by atomic mass is 32.2. The molecule has 0 saturated carbocycles. The molecule has 0 saturated heterocycles. The molecular weight excluding hydrogens is 394 g/mol. The van der Waals surface area contributed by atoms with Gasteiger partial charge in [-0.25, -0.2) is 0 Å². The van der Waals surface area contributed by atoms with Gasteiger partial charge >= 0.3 is 0 Å². The molecule has 4 nitrogen and oxygen atoms in total. The Labute approximate surface area is 182 Å². The van der Waals surface area contributed by atoms with E-state index >= 15 is 0 Å². The van der Waals surface area contributed by atoms with Crippen molar-refractivity contribution in [1.82, 2.24) is 4.98 Å². The molecule has 2 aromatic carbocycles. The molecule has 5 heteroatoms. The van der Waals surface area contributed by atoms with Crippen molar-refractivity contribution in [2.75, 3.05) is 0 Å². The quantitative estimate of drug-likeness (QED) is 0.334. The summed E-state index contributed by atoms with van der Waals surface area (Å²) in [5.74, 6) is 2.02. The summed E-state index contributed by atoms with van der Waals surface area (Å²) >= 11 is 1.78. The normalized spacial score (nSPS) is 11.8. The average Bonchev–Trinajstić information content (AvgIpc) is 2.76. The first kappa shape index (κ1) is 21.9. The zero-order valence-electron chi connectivity index (χ0n) is 17.4. The van der Waals surface area contributed by atoms with Gasteiger partial charge in [-0.05, 0) is 54.2 Å². The third kappa shape index (κ3) is 6.10. The van der Waals surface area contributed by atoms with Crippen molar-refractivity contribution in [3.63, 3.8) is 0 Å². The lowest BCUT2D eigenvalue weighted by Gasteiger charge is -2.15. The molecule has 3 rings (SSSR count). The van der Waals surface area contributed by atoms with E-state index in [1.54, 1.807) is 24.2 Å². The van der Waals surface area contributed by atoms with Gasteiger partial charge in [0.25, 0.3) is 0 Å². The minimum absolute atomic E-state index is 0.201. The summed E-state index contributed by atoms with van der Waals surface area (Å²) in [5, 5.41) is 10.5. The Morgan fingerprint density at radius 3 is 2.67 bits per heavy atom. The number of hydrogen-bond donors (Lipinski definition) is 1. The summed E-state index contributed by atoms with van der Waals surface area (Å²) < 4.78 is 6.00. The largest absolute Gasteiger partial charge is 0.507 e. The first-order valence-corrected chi connectivity index (χ1v) is 11.0. The van der Waals surface area contributed by atoms with Crippen LogP contribution in [0.25, 0.3) is 0 Å². The number of rotatable bonds is 10. The van der Waals surface area contributed by atoms with E-state index in [1.807, 2.05) is 50.2 Å². The fourth-order valence-electron chi connectivity index (χ4n) is 3.25. The van der Waals surface area contributed by atoms with Gasteiger partial charge < -0.3 is 14.6 Å². The number of aldehydes is 1. The molecule has 0 aliphatic rings. The second-order valence-corrected chi connectivity index (χ2v) is 8.54. The van der Waals surface area contributed by atoms with E-state index in [2.05, 4.69) is 17.1 Å². The number of phenolic OH excluding ortho intramolecular Hbond substituents is 1. The summed E-state index contributed by atoms with van der Waals surface area (Å²) in [6.07, 6.45) is 5.70. The van der Waals surface area contributed by atoms with Crippen LogP contribution in [-0.2, 0) is 23.6 Å². The Morgan fingerprint density at radius 1 is 1.13 bits per heavy atom. The summed E-state index contributed by atoms with van der Waals surface area (Å²) in [6.45, 7) is 4.31. The van der Waals surface area contributed by atoms with E-state index in [0.717, 1.165) is 28.7 Å². The number of carbonyl (C=O) groups is 1. The summed E-state index contributed by atoms with van der Waals surface area (Å²) in [7, 11) is 0. The van der Waals surface area contributed by atoms with Gasteiger partial charge in [0.1, 0.15) is 24.4 Å². The minimum atomic E-state index is 0.201. The lowest BCUT2D eigenvalue weighted by Crippen LogP contribution is -2.03. The summed E-state index contributed by atoms with van der Waals surface area (Å²) in [5.41, 5.74) is 3.90. The zero-order valence-corrected chi connectivity index (χ0v) is 18.2. The fraction of sp³-hybridized carbons (Fsp3) is 0.280. The van der Waals surface area contributed by atoms with Crippen LogP contribution in [0.2, 0.25) is 0 Å². The third-order valence-corrected chi connectivity index (χ3v) is 6.06. The monoisotopic (exact) mass is 421 g/mol. The standard InChI is InChI=1S/C25H27NO3S/c1-18(10-13-27)14-22-6-7-24(19(2)25(22)28)29-16-20-4-3-5-21(15-20)17-30-23-8-11-26-12-9-23/h3-9,11-13,15,18,28H,10,14,16-17H2,1-2H3. The van der Waals surface area contributed by atoms with Crippen LogP contribution < -0.4 is 4.74 Å². The van der Waals surface area contributed by atoms with Crippen molar-refractivity contribution in [2.24, 2.45) is 5.92 Å². The molecule has 3 aromatic rings. The molecule has 0 fully saturated rings. The van der Waals surface area contributed by atoms with Gasteiger partial charge in [0, 0.05) is 35.0 Å². The van der Waals surface area contributed by atoms with E-state index in [1.165, 1.54) is 10.5 Å². The highest BCUT2D eigenvalue weighted by molar-refractivity contribution is 7.98. The molecule has 0 amide bonds. The number of hydrogen-bond acceptors (Lipinski definition) is 5. The Hall–Kier alpha value is -2.79. The number of phenols is 1. The Morgan fingerprint density at radius 2 is 1.90 bits per heavy atom. The first-order chi connectivity index (χ1) is 14.6. The van der Waals surface area contributed by atoms with Gasteiger partial charge in [-0.15, -0.1) is 11.8 Å². The maximum absolute atomic E-state index is 10.7. The van der Waals surface area contributed by atoms with Gasteiger partial charge in [0.15, 0.2) is 0 Å². The summed E-state index contributed by atoms with van der Waals surface area (Å²) in [4.78, 5) is 15.9. The van der Waals surface area contributed by atoms with Crippen LogP contribution in [0.3, 0.4) is 0 Å². The summed E-state index contributed by atoms with van der Waals surface area (Å²) in [6, 6.07) is 16.2. The molecule has 1 aromatic heterocycles. The molecule has 1 unspecified atom stereocenters. The minimum Gasteiger partial charge on any atom is -0.507 e. The van der Waals surface area contributed by atoms with Gasteiger partial charge in [0.2, 0.25) is 0 Å². The molecule has 0 aliphatic carbocycles. The number of ether oxygens (including phenoxy) is 1. The van der Waals surface area contributed by atoms with Gasteiger partial charge in [-0.3, -0.25) is 4.98 Å². The van der Waals surface area contributed by atoms with Gasteiger partial charge in [-0.2, -0.15) is 0 Å². The van der Waals surface area contributed by atoms with Gasteiger partial charge in [-0.1, -0.05) is 37.3 Å². The van der Waals surface area contributed by atoms with Crippen molar-refractivity contribution in [1.29, 1.82) is 0 Å². The molecule has 0 radical (unpaired) electrons. The van der Waals surface area contributed by atoms with Crippen LogP contribution >= 0.6 is 11.8 Å². The van der Waals surface area contributed by atoms with E-state index in [-0.39, 0.29) is 11.7 Å².